The van der Waals surface area contributed by atoms with Gasteiger partial charge in [-0.2, -0.15) is 0 Å². The van der Waals surface area contributed by atoms with Crippen molar-refractivity contribution in [2.45, 2.75) is 85.2 Å². The molecule has 0 aromatic rings. The number of esters is 2. The molecule has 0 aliphatic heterocycles. The molecule has 160 valence electrons. The maximum atomic E-state index is 11.4. The van der Waals surface area contributed by atoms with Crippen LogP contribution in [0.1, 0.15) is 79.1 Å². The molecular formula is C25H36O4. The number of ether oxygens (including phenoxy) is 2. The molecule has 0 heterocycles. The number of carbonyl (C=O) groups excluding carboxylic acids is 2. The fraction of sp³-hybridized carbons (Fsp3) is 0.760. The Kier molecular flexibility index (Phi) is 5.41. The summed E-state index contributed by atoms with van der Waals surface area (Å²) < 4.78 is 10.8. The first-order valence-electron chi connectivity index (χ1n) is 11.4. The quantitative estimate of drug-likeness (QED) is 0.472. The second kappa shape index (κ2) is 7.59. The largest absolute Gasteiger partial charge is 0.462 e. The molecule has 4 rings (SSSR count). The topological polar surface area (TPSA) is 52.6 Å². The molecule has 0 bridgehead atoms. The molecule has 4 heteroatoms. The monoisotopic (exact) mass is 400 g/mol. The van der Waals surface area contributed by atoms with E-state index in [-0.39, 0.29) is 28.9 Å². The minimum atomic E-state index is -0.201. The van der Waals surface area contributed by atoms with Gasteiger partial charge in [-0.1, -0.05) is 31.1 Å². The Morgan fingerprint density at radius 2 is 1.79 bits per heavy atom. The Balaban J connectivity index is 1.52. The highest BCUT2D eigenvalue weighted by molar-refractivity contribution is 5.66. The van der Waals surface area contributed by atoms with Crippen LogP contribution in [0.5, 0.6) is 0 Å². The third-order valence-corrected chi connectivity index (χ3v) is 8.86. The van der Waals surface area contributed by atoms with Gasteiger partial charge in [0.05, 0.1) is 0 Å². The fourth-order valence-electron chi connectivity index (χ4n) is 7.41. The summed E-state index contributed by atoms with van der Waals surface area (Å²) in [7, 11) is 0. The van der Waals surface area contributed by atoms with Crippen molar-refractivity contribution in [3.8, 4) is 0 Å². The van der Waals surface area contributed by atoms with Crippen molar-refractivity contribution in [2.75, 3.05) is 6.61 Å². The van der Waals surface area contributed by atoms with Crippen molar-refractivity contribution in [3.05, 3.63) is 23.3 Å². The standard InChI is InChI=1S/C25H36O4/c1-16(26)28-14-11-18-6-8-22-21-7-5-19-15-20(29-17(2)27)9-12-25(19,4)23(21)10-13-24(18,22)3/h5,11,20-23H,6-10,12-15H2,1-4H3/b18-11+/t20-,21-,22-,23-,24+,25-/m0/s1. The van der Waals surface area contributed by atoms with Gasteiger partial charge in [0.2, 0.25) is 0 Å². The summed E-state index contributed by atoms with van der Waals surface area (Å²) in [6.07, 6.45) is 13.9. The molecule has 0 spiro atoms. The van der Waals surface area contributed by atoms with Gasteiger partial charge in [-0.15, -0.1) is 0 Å². The number of allylic oxidation sites excluding steroid dienone is 2. The lowest BCUT2D eigenvalue weighted by molar-refractivity contribution is -0.148. The van der Waals surface area contributed by atoms with Crippen LogP contribution in [0, 0.1) is 28.6 Å². The maximum absolute atomic E-state index is 11.4. The van der Waals surface area contributed by atoms with Crippen molar-refractivity contribution in [1.29, 1.82) is 0 Å². The minimum Gasteiger partial charge on any atom is -0.462 e. The maximum Gasteiger partial charge on any atom is 0.302 e. The lowest BCUT2D eigenvalue weighted by Gasteiger charge is -2.57. The van der Waals surface area contributed by atoms with Crippen LogP contribution in [0.25, 0.3) is 0 Å². The SMILES string of the molecule is CC(=O)OC/C=C1\CC[C@H]2[C@@H]3CC=C4C[C@@H](OC(C)=O)CC[C@]4(C)[C@H]3CC[C@]12C. The zero-order chi connectivity index (χ0) is 20.8. The molecular weight excluding hydrogens is 364 g/mol. The smallest absolute Gasteiger partial charge is 0.302 e. The molecule has 0 radical (unpaired) electrons. The van der Waals surface area contributed by atoms with Gasteiger partial charge in [0.1, 0.15) is 12.7 Å². The van der Waals surface area contributed by atoms with E-state index in [9.17, 15) is 9.59 Å². The number of hydrogen-bond donors (Lipinski definition) is 0. The highest BCUT2D eigenvalue weighted by Crippen LogP contribution is 2.66. The molecule has 4 aliphatic rings. The molecule has 3 saturated carbocycles. The van der Waals surface area contributed by atoms with Gasteiger partial charge < -0.3 is 9.47 Å². The summed E-state index contributed by atoms with van der Waals surface area (Å²) in [6, 6.07) is 0. The Morgan fingerprint density at radius 1 is 1.07 bits per heavy atom. The van der Waals surface area contributed by atoms with E-state index in [1.807, 2.05) is 0 Å². The Hall–Kier alpha value is -1.58. The van der Waals surface area contributed by atoms with Crippen molar-refractivity contribution >= 4 is 11.9 Å². The van der Waals surface area contributed by atoms with E-state index >= 15 is 0 Å². The zero-order valence-corrected chi connectivity index (χ0v) is 18.5. The molecule has 6 atom stereocenters. The van der Waals surface area contributed by atoms with E-state index < -0.39 is 0 Å². The van der Waals surface area contributed by atoms with E-state index in [4.69, 9.17) is 9.47 Å². The molecule has 0 saturated heterocycles. The van der Waals surface area contributed by atoms with E-state index in [0.717, 1.165) is 43.4 Å². The molecule has 4 aliphatic carbocycles. The van der Waals surface area contributed by atoms with Crippen LogP contribution < -0.4 is 0 Å². The Bertz CT molecular complexity index is 750. The van der Waals surface area contributed by atoms with Crippen molar-refractivity contribution in [2.24, 2.45) is 28.6 Å². The molecule has 3 fully saturated rings. The van der Waals surface area contributed by atoms with Crippen LogP contribution in [0.15, 0.2) is 23.3 Å². The summed E-state index contributed by atoms with van der Waals surface area (Å²) in [4.78, 5) is 22.5. The van der Waals surface area contributed by atoms with Crippen molar-refractivity contribution in [1.82, 2.24) is 0 Å². The number of hydrogen-bond acceptors (Lipinski definition) is 4. The summed E-state index contributed by atoms with van der Waals surface area (Å²) in [5, 5.41) is 0. The molecule has 4 nitrogen and oxygen atoms in total. The van der Waals surface area contributed by atoms with Crippen LogP contribution in [-0.4, -0.2) is 24.6 Å². The Morgan fingerprint density at radius 3 is 2.52 bits per heavy atom. The number of rotatable bonds is 3. The first-order chi connectivity index (χ1) is 13.7. The first-order valence-corrected chi connectivity index (χ1v) is 11.4. The average Bonchev–Trinajstić information content (AvgIpc) is 2.98. The van der Waals surface area contributed by atoms with E-state index in [0.29, 0.717) is 6.61 Å². The summed E-state index contributed by atoms with van der Waals surface area (Å²) in [5.41, 5.74) is 3.59. The van der Waals surface area contributed by atoms with Crippen molar-refractivity contribution in [3.63, 3.8) is 0 Å². The highest BCUT2D eigenvalue weighted by atomic mass is 16.5. The molecule has 0 aromatic heterocycles. The van der Waals surface area contributed by atoms with Crippen molar-refractivity contribution < 1.29 is 19.1 Å². The van der Waals surface area contributed by atoms with Gasteiger partial charge in [-0.05, 0) is 79.6 Å². The molecule has 0 amide bonds. The number of carbonyl (C=O) groups is 2. The normalized spacial score (nSPS) is 42.3. The first kappa shape index (κ1) is 20.7. The van der Waals surface area contributed by atoms with Gasteiger partial charge in [-0.25, -0.2) is 0 Å². The highest BCUT2D eigenvalue weighted by Gasteiger charge is 2.57. The second-order valence-corrected chi connectivity index (χ2v) is 10.3. The van der Waals surface area contributed by atoms with Crippen LogP contribution >= 0.6 is 0 Å². The van der Waals surface area contributed by atoms with Gasteiger partial charge in [0, 0.05) is 20.3 Å². The predicted octanol–water partition coefficient (Wildman–Crippen LogP) is 5.37. The van der Waals surface area contributed by atoms with Crippen LogP contribution in [-0.2, 0) is 19.1 Å². The van der Waals surface area contributed by atoms with E-state index in [1.54, 1.807) is 5.57 Å². The summed E-state index contributed by atoms with van der Waals surface area (Å²) in [5.74, 6) is 1.86. The predicted molar refractivity (Wildman–Crippen MR) is 112 cm³/mol. The Labute approximate surface area is 175 Å². The zero-order valence-electron chi connectivity index (χ0n) is 18.5. The number of fused-ring (bicyclic) bond motifs is 5. The summed E-state index contributed by atoms with van der Waals surface area (Å²) >= 11 is 0. The molecule has 0 aromatic carbocycles. The lowest BCUT2D eigenvalue weighted by atomic mass is 9.48. The van der Waals surface area contributed by atoms with E-state index in [2.05, 4.69) is 26.0 Å². The fourth-order valence-corrected chi connectivity index (χ4v) is 7.41. The van der Waals surface area contributed by atoms with Gasteiger partial charge in [0.15, 0.2) is 0 Å². The van der Waals surface area contributed by atoms with Gasteiger partial charge in [0.25, 0.3) is 0 Å². The molecule has 29 heavy (non-hydrogen) atoms. The molecule has 0 unspecified atom stereocenters. The summed E-state index contributed by atoms with van der Waals surface area (Å²) in [6.45, 7) is 8.36. The van der Waals surface area contributed by atoms with Gasteiger partial charge in [-0.3, -0.25) is 9.59 Å². The lowest BCUT2D eigenvalue weighted by Crippen LogP contribution is -2.49. The minimum absolute atomic E-state index is 0.0690. The molecule has 0 N–H and O–H groups in total. The van der Waals surface area contributed by atoms with Crippen LogP contribution in [0.4, 0.5) is 0 Å². The van der Waals surface area contributed by atoms with Gasteiger partial charge >= 0.3 is 11.9 Å². The third-order valence-electron chi connectivity index (χ3n) is 8.86. The van der Waals surface area contributed by atoms with E-state index in [1.165, 1.54) is 45.1 Å². The van der Waals surface area contributed by atoms with Crippen LogP contribution in [0.3, 0.4) is 0 Å². The second-order valence-electron chi connectivity index (χ2n) is 10.3. The average molecular weight is 401 g/mol. The van der Waals surface area contributed by atoms with Crippen LogP contribution in [0.2, 0.25) is 0 Å². The third kappa shape index (κ3) is 3.57.